The number of nitrogens with one attached hydrogen (secondary N) is 1. The molecule has 19 heavy (non-hydrogen) atoms. The first-order valence-corrected chi connectivity index (χ1v) is 6.09. The quantitative estimate of drug-likeness (QED) is 0.867. The highest BCUT2D eigenvalue weighted by Gasteiger charge is 2.36. The van der Waals surface area contributed by atoms with E-state index in [0.717, 1.165) is 12.8 Å². The molecule has 3 nitrogen and oxygen atoms in total. The van der Waals surface area contributed by atoms with E-state index >= 15 is 0 Å². The van der Waals surface area contributed by atoms with E-state index in [4.69, 9.17) is 0 Å². The molecule has 0 saturated heterocycles. The summed E-state index contributed by atoms with van der Waals surface area (Å²) >= 11 is 0. The molecule has 1 atom stereocenters. The first kappa shape index (κ1) is 14.1. The minimum absolute atomic E-state index is 0.125. The van der Waals surface area contributed by atoms with E-state index in [1.807, 2.05) is 0 Å². The van der Waals surface area contributed by atoms with Gasteiger partial charge in [0.25, 0.3) is 0 Å². The second-order valence-corrected chi connectivity index (χ2v) is 4.97. The predicted molar refractivity (Wildman–Crippen MR) is 63.7 cm³/mol. The van der Waals surface area contributed by atoms with Crippen LogP contribution in [0.4, 0.5) is 13.2 Å². The maximum atomic E-state index is 12.3. The molecule has 1 aliphatic carbocycles. The van der Waals surface area contributed by atoms with Crippen LogP contribution in [0.5, 0.6) is 5.75 Å². The van der Waals surface area contributed by atoms with Gasteiger partial charge < -0.3 is 15.2 Å². The van der Waals surface area contributed by atoms with Crippen LogP contribution in [0.2, 0.25) is 0 Å². The highest BCUT2D eigenvalue weighted by Crippen LogP contribution is 2.33. The van der Waals surface area contributed by atoms with Gasteiger partial charge in [0.1, 0.15) is 11.4 Å². The Morgan fingerprint density at radius 2 is 1.95 bits per heavy atom. The molecule has 1 saturated carbocycles. The molecule has 0 spiro atoms. The molecular formula is C13H16F3NO2. The molecule has 0 amide bonds. The van der Waals surface area contributed by atoms with Crippen LogP contribution >= 0.6 is 0 Å². The van der Waals surface area contributed by atoms with Crippen LogP contribution in [0.3, 0.4) is 0 Å². The smallest absolute Gasteiger partial charge is 0.405 e. The van der Waals surface area contributed by atoms with E-state index in [1.54, 1.807) is 6.07 Å². The van der Waals surface area contributed by atoms with Gasteiger partial charge in [-0.2, -0.15) is 0 Å². The van der Waals surface area contributed by atoms with Crippen molar-refractivity contribution in [2.75, 3.05) is 6.54 Å². The molecule has 0 heterocycles. The van der Waals surface area contributed by atoms with Crippen molar-refractivity contribution in [2.24, 2.45) is 0 Å². The Morgan fingerprint density at radius 3 is 2.53 bits per heavy atom. The Kier molecular flexibility index (Phi) is 3.73. The summed E-state index contributed by atoms with van der Waals surface area (Å²) in [7, 11) is 0. The molecular weight excluding hydrogens is 259 g/mol. The van der Waals surface area contributed by atoms with Gasteiger partial charge in [0.2, 0.25) is 0 Å². The summed E-state index contributed by atoms with van der Waals surface area (Å²) in [6.45, 7) is 1.66. The van der Waals surface area contributed by atoms with Gasteiger partial charge in [0.05, 0.1) is 0 Å². The maximum Gasteiger partial charge on any atom is 0.573 e. The van der Waals surface area contributed by atoms with E-state index < -0.39 is 12.0 Å². The van der Waals surface area contributed by atoms with Crippen molar-refractivity contribution < 1.29 is 23.0 Å². The third kappa shape index (κ3) is 4.11. The highest BCUT2D eigenvalue weighted by molar-refractivity contribution is 5.38. The van der Waals surface area contributed by atoms with Crippen molar-refractivity contribution in [1.82, 2.24) is 5.32 Å². The summed E-state index contributed by atoms with van der Waals surface area (Å²) in [6, 6.07) is 6.02. The molecule has 2 N–H and O–H groups in total. The van der Waals surface area contributed by atoms with Crippen LogP contribution in [-0.4, -0.2) is 24.1 Å². The Bertz CT molecular complexity index is 442. The number of para-hydroxylation sites is 1. The SMILES string of the molecule is CC(O)(CNC1CC1)c1ccccc1OC(F)(F)F. The lowest BCUT2D eigenvalue weighted by Gasteiger charge is -2.26. The highest BCUT2D eigenvalue weighted by atomic mass is 19.4. The third-order valence-electron chi connectivity index (χ3n) is 3.01. The Morgan fingerprint density at radius 1 is 1.32 bits per heavy atom. The van der Waals surface area contributed by atoms with E-state index in [9.17, 15) is 18.3 Å². The lowest BCUT2D eigenvalue weighted by atomic mass is 9.95. The normalized spacial score (nSPS) is 19.0. The fourth-order valence-corrected chi connectivity index (χ4v) is 1.85. The fourth-order valence-electron chi connectivity index (χ4n) is 1.85. The number of aliphatic hydroxyl groups is 1. The lowest BCUT2D eigenvalue weighted by Crippen LogP contribution is -2.37. The summed E-state index contributed by atoms with van der Waals surface area (Å²) < 4.78 is 40.9. The number of halogens is 3. The van der Waals surface area contributed by atoms with Crippen molar-refractivity contribution in [2.45, 2.75) is 37.8 Å². The molecule has 1 fully saturated rings. The van der Waals surface area contributed by atoms with E-state index in [0.29, 0.717) is 6.04 Å². The van der Waals surface area contributed by atoms with Gasteiger partial charge in [-0.25, -0.2) is 0 Å². The van der Waals surface area contributed by atoms with Gasteiger partial charge in [0, 0.05) is 18.2 Å². The molecule has 2 rings (SSSR count). The standard InChI is InChI=1S/C13H16F3NO2/c1-12(18,8-17-9-6-7-9)10-4-2-3-5-11(10)19-13(14,15)16/h2-5,9,17-18H,6-8H2,1H3. The molecule has 1 aromatic carbocycles. The number of hydrogen-bond acceptors (Lipinski definition) is 3. The minimum atomic E-state index is -4.77. The van der Waals surface area contributed by atoms with Crippen LogP contribution in [0.25, 0.3) is 0 Å². The first-order valence-electron chi connectivity index (χ1n) is 6.09. The van der Waals surface area contributed by atoms with Gasteiger partial charge >= 0.3 is 6.36 Å². The largest absolute Gasteiger partial charge is 0.573 e. The first-order chi connectivity index (χ1) is 8.78. The number of hydrogen-bond donors (Lipinski definition) is 2. The van der Waals surface area contributed by atoms with Crippen LogP contribution in [0.15, 0.2) is 24.3 Å². The van der Waals surface area contributed by atoms with Crippen molar-refractivity contribution in [3.8, 4) is 5.75 Å². The predicted octanol–water partition coefficient (Wildman–Crippen LogP) is 2.54. The van der Waals surface area contributed by atoms with Gasteiger partial charge in [-0.05, 0) is 25.8 Å². The Balaban J connectivity index is 2.16. The van der Waals surface area contributed by atoms with E-state index in [1.165, 1.54) is 25.1 Å². The van der Waals surface area contributed by atoms with Crippen molar-refractivity contribution in [3.63, 3.8) is 0 Å². The maximum absolute atomic E-state index is 12.3. The third-order valence-corrected chi connectivity index (χ3v) is 3.01. The van der Waals surface area contributed by atoms with Gasteiger partial charge in [-0.15, -0.1) is 13.2 Å². The molecule has 0 aliphatic heterocycles. The lowest BCUT2D eigenvalue weighted by molar-refractivity contribution is -0.275. The summed E-state index contributed by atoms with van der Waals surface area (Å²) in [6.07, 6.45) is -2.69. The Hall–Kier alpha value is -1.27. The molecule has 106 valence electrons. The number of benzene rings is 1. The summed E-state index contributed by atoms with van der Waals surface area (Å²) in [4.78, 5) is 0. The van der Waals surface area contributed by atoms with E-state index in [-0.39, 0.29) is 17.9 Å². The van der Waals surface area contributed by atoms with Crippen molar-refractivity contribution in [1.29, 1.82) is 0 Å². The van der Waals surface area contributed by atoms with Crippen LogP contribution in [0.1, 0.15) is 25.3 Å². The van der Waals surface area contributed by atoms with Crippen LogP contribution in [-0.2, 0) is 5.60 Å². The molecule has 0 bridgehead atoms. The molecule has 0 aromatic heterocycles. The van der Waals surface area contributed by atoms with Crippen LogP contribution < -0.4 is 10.1 Å². The molecule has 1 unspecified atom stereocenters. The Labute approximate surface area is 109 Å². The minimum Gasteiger partial charge on any atom is -0.405 e. The molecule has 1 aromatic rings. The van der Waals surface area contributed by atoms with Gasteiger partial charge in [0.15, 0.2) is 0 Å². The average Bonchev–Trinajstić information content (AvgIpc) is 3.08. The zero-order chi connectivity index (χ0) is 14.1. The van der Waals surface area contributed by atoms with Crippen LogP contribution in [0, 0.1) is 0 Å². The van der Waals surface area contributed by atoms with E-state index in [2.05, 4.69) is 10.1 Å². The average molecular weight is 275 g/mol. The summed E-state index contributed by atoms with van der Waals surface area (Å²) in [5, 5.41) is 13.4. The monoisotopic (exact) mass is 275 g/mol. The van der Waals surface area contributed by atoms with Crippen molar-refractivity contribution in [3.05, 3.63) is 29.8 Å². The zero-order valence-electron chi connectivity index (χ0n) is 10.5. The van der Waals surface area contributed by atoms with Crippen molar-refractivity contribution >= 4 is 0 Å². The molecule has 0 radical (unpaired) electrons. The summed E-state index contributed by atoms with van der Waals surface area (Å²) in [5.74, 6) is -0.363. The second kappa shape index (κ2) is 5.02. The fraction of sp³-hybridized carbons (Fsp3) is 0.538. The van der Waals surface area contributed by atoms with Gasteiger partial charge in [-0.3, -0.25) is 0 Å². The zero-order valence-corrected chi connectivity index (χ0v) is 10.5. The number of alkyl halides is 3. The second-order valence-electron chi connectivity index (χ2n) is 4.97. The topological polar surface area (TPSA) is 41.5 Å². The molecule has 1 aliphatic rings. The molecule has 6 heteroatoms. The van der Waals surface area contributed by atoms with Gasteiger partial charge in [-0.1, -0.05) is 18.2 Å². The number of rotatable bonds is 5. The number of ether oxygens (including phenoxy) is 1. The summed E-state index contributed by atoms with van der Waals surface area (Å²) in [5.41, 5.74) is -1.29.